The Labute approximate surface area is 356 Å². The van der Waals surface area contributed by atoms with Crippen LogP contribution in [0.3, 0.4) is 0 Å². The van der Waals surface area contributed by atoms with Crippen LogP contribution in [0.15, 0.2) is 12.7 Å². The minimum Gasteiger partial charge on any atom is -0.343 e. The van der Waals surface area contributed by atoms with Gasteiger partial charge in [0.25, 0.3) is 5.91 Å². The summed E-state index contributed by atoms with van der Waals surface area (Å²) in [5.41, 5.74) is -3.03. The lowest BCUT2D eigenvalue weighted by Gasteiger charge is -2.39. The van der Waals surface area contributed by atoms with Gasteiger partial charge in [-0.15, -0.1) is 6.58 Å². The van der Waals surface area contributed by atoms with E-state index in [0.29, 0.717) is 71.0 Å². The molecule has 4 N–H and O–H groups in total. The molecule has 0 bridgehead atoms. The van der Waals surface area contributed by atoms with Gasteiger partial charge >= 0.3 is 10.2 Å². The van der Waals surface area contributed by atoms with E-state index < -0.39 is 94.2 Å². The summed E-state index contributed by atoms with van der Waals surface area (Å²) < 4.78 is 54.7. The second-order valence-electron chi connectivity index (χ2n) is 20.4. The molecular formula is C44H71N7O7S. The number of likely N-dealkylation sites (tertiary alicyclic amines) is 2. The van der Waals surface area contributed by atoms with E-state index in [1.54, 1.807) is 11.0 Å². The summed E-state index contributed by atoms with van der Waals surface area (Å²) in [6, 6.07) is -3.96. The van der Waals surface area contributed by atoms with Crippen LogP contribution >= 0.6 is 0 Å². The molecule has 7 rings (SSSR count). The number of nitrogens with zero attached hydrogens (tertiary/aromatic N) is 3. The number of amides is 5. The van der Waals surface area contributed by atoms with E-state index in [9.17, 15) is 27.6 Å². The van der Waals surface area contributed by atoms with Crippen LogP contribution in [-0.4, -0.2) is 114 Å². The SMILES string of the molecule is [2H]CC([2H])([2H])N1CCCC[C@H]1C(=O)NC(C(=O)N[C@H](C(=O)N1C[C@]2(C[C@H]1C(=O)N[C@]1(C(=O)NS(=O)(=O)N3CCCC3)C[C@H]1C=C)C(C)(C)C21CCC1)C(C)(C)C)C1CCCCC1. The number of rotatable bonds is 13. The lowest BCUT2D eigenvalue weighted by Crippen LogP contribution is -2.63. The van der Waals surface area contributed by atoms with Crippen LogP contribution in [0.1, 0.15) is 142 Å². The highest BCUT2D eigenvalue weighted by Gasteiger charge is 2.85. The smallest absolute Gasteiger partial charge is 0.303 e. The van der Waals surface area contributed by atoms with E-state index in [-0.39, 0.29) is 35.1 Å². The number of hydrogen-bond acceptors (Lipinski definition) is 8. The van der Waals surface area contributed by atoms with Gasteiger partial charge in [-0.2, -0.15) is 12.7 Å². The van der Waals surface area contributed by atoms with Gasteiger partial charge in [0.05, 0.1) is 6.04 Å². The van der Waals surface area contributed by atoms with Gasteiger partial charge in [0.15, 0.2) is 0 Å². The van der Waals surface area contributed by atoms with E-state index in [4.69, 9.17) is 4.11 Å². The Morgan fingerprint density at radius 2 is 1.53 bits per heavy atom. The Morgan fingerprint density at radius 1 is 0.864 bits per heavy atom. The van der Waals surface area contributed by atoms with Crippen LogP contribution in [0.5, 0.6) is 0 Å². The van der Waals surface area contributed by atoms with Crippen LogP contribution in [0.25, 0.3) is 0 Å². The Hall–Kier alpha value is -3.04. The summed E-state index contributed by atoms with van der Waals surface area (Å²) in [5, 5.41) is 9.03. The standard InChI is InChI=1S/C44H71N7O7S/c1-8-30-26-44(30,39(56)48-59(57,58)50-24-15-16-25-50)47-36(53)32-27-43(41(6,7)42(43)21-17-22-42)28-51(32)38(55)34(40(3,4)5)46-37(54)33(29-18-11-10-12-19-29)45-35(52)31-20-13-14-23-49(31)9-2/h8,29-34H,1,9-28H2,2-7H3,(H,45,52)(H,46,54)(H,47,53)(H,48,56)/t30-,31+,32+,33?,34-,43-,44-/m1/s1/i2D,9D2. The maximum absolute atomic E-state index is 15.3. The Morgan fingerprint density at radius 3 is 2.10 bits per heavy atom. The molecule has 0 aromatic carbocycles. The first kappa shape index (κ1) is 40.1. The van der Waals surface area contributed by atoms with Gasteiger partial charge in [-0.3, -0.25) is 28.9 Å². The van der Waals surface area contributed by atoms with E-state index in [1.807, 2.05) is 20.8 Å². The zero-order valence-corrected chi connectivity index (χ0v) is 36.8. The number of carbonyl (C=O) groups is 5. The molecule has 4 saturated carbocycles. The molecule has 3 heterocycles. The van der Waals surface area contributed by atoms with Gasteiger partial charge in [-0.05, 0) is 99.4 Å². The number of fused-ring (bicyclic) bond motifs is 1. The van der Waals surface area contributed by atoms with Crippen molar-refractivity contribution in [2.75, 3.05) is 32.7 Å². The van der Waals surface area contributed by atoms with Crippen molar-refractivity contribution in [3.63, 3.8) is 0 Å². The van der Waals surface area contributed by atoms with Crippen molar-refractivity contribution in [1.82, 2.24) is 34.8 Å². The summed E-state index contributed by atoms with van der Waals surface area (Å²) in [7, 11) is -4.14. The average Bonchev–Trinajstić information content (AvgIpc) is 3.67. The minimum absolute atomic E-state index is 0.0604. The summed E-state index contributed by atoms with van der Waals surface area (Å²) in [6.07, 6.45) is 12.4. The predicted molar refractivity (Wildman–Crippen MR) is 224 cm³/mol. The van der Waals surface area contributed by atoms with Crippen molar-refractivity contribution >= 4 is 39.7 Å². The summed E-state index contributed by atoms with van der Waals surface area (Å²) in [5.74, 6) is -3.53. The average molecular weight is 845 g/mol. The molecule has 2 spiro atoms. The Kier molecular flexibility index (Phi) is 10.9. The lowest BCUT2D eigenvalue weighted by molar-refractivity contribution is -0.145. The quantitative estimate of drug-likeness (QED) is 0.203. The number of hydrogen-bond donors (Lipinski definition) is 4. The van der Waals surface area contributed by atoms with E-state index in [1.165, 1.54) is 9.21 Å². The van der Waals surface area contributed by atoms with Crippen LogP contribution in [0, 0.1) is 33.5 Å². The highest BCUT2D eigenvalue weighted by atomic mass is 32.2. The first-order chi connectivity index (χ1) is 29.0. The fraction of sp³-hybridized carbons (Fsp3) is 0.841. The van der Waals surface area contributed by atoms with Crippen molar-refractivity contribution < 1.29 is 36.5 Å². The molecule has 330 valence electrons. The lowest BCUT2D eigenvalue weighted by atomic mass is 9.73. The molecule has 7 atom stereocenters. The predicted octanol–water partition coefficient (Wildman–Crippen LogP) is 3.77. The molecule has 7 fully saturated rings. The van der Waals surface area contributed by atoms with E-state index in [2.05, 4.69) is 41.1 Å². The molecule has 3 saturated heterocycles. The summed E-state index contributed by atoms with van der Waals surface area (Å²) >= 11 is 0. The topological polar surface area (TPSA) is 177 Å². The molecule has 3 aliphatic heterocycles. The largest absolute Gasteiger partial charge is 0.343 e. The zero-order valence-electron chi connectivity index (χ0n) is 39.0. The molecule has 15 heteroatoms. The van der Waals surface area contributed by atoms with Gasteiger partial charge in [0, 0.05) is 35.1 Å². The highest BCUT2D eigenvalue weighted by Crippen LogP contribution is 2.88. The third-order valence-corrected chi connectivity index (χ3v) is 17.7. The molecule has 1 unspecified atom stereocenters. The third-order valence-electron chi connectivity index (χ3n) is 16.2. The first-order valence-electron chi connectivity index (χ1n) is 24.0. The van der Waals surface area contributed by atoms with Gasteiger partial charge in [0.1, 0.15) is 23.7 Å². The van der Waals surface area contributed by atoms with Crippen LogP contribution in [0.4, 0.5) is 0 Å². The maximum atomic E-state index is 15.3. The van der Waals surface area contributed by atoms with Crippen molar-refractivity contribution in [3.05, 3.63) is 12.7 Å². The number of nitrogens with one attached hydrogen (secondary N) is 4. The molecule has 5 amide bonds. The second kappa shape index (κ2) is 16.0. The zero-order chi connectivity index (χ0) is 45.3. The van der Waals surface area contributed by atoms with Crippen molar-refractivity contribution in [2.24, 2.45) is 33.5 Å². The molecule has 7 aliphatic rings. The van der Waals surface area contributed by atoms with Crippen LogP contribution in [-0.2, 0) is 34.2 Å². The van der Waals surface area contributed by atoms with E-state index >= 15 is 4.79 Å². The van der Waals surface area contributed by atoms with Crippen LogP contribution in [0.2, 0.25) is 0 Å². The monoisotopic (exact) mass is 845 g/mol. The van der Waals surface area contributed by atoms with Crippen molar-refractivity contribution in [3.8, 4) is 0 Å². The third kappa shape index (κ3) is 7.54. The molecule has 59 heavy (non-hydrogen) atoms. The van der Waals surface area contributed by atoms with Crippen molar-refractivity contribution in [2.45, 2.75) is 168 Å². The highest BCUT2D eigenvalue weighted by molar-refractivity contribution is 7.87. The molecular weight excluding hydrogens is 771 g/mol. The second-order valence-corrected chi connectivity index (χ2v) is 22.1. The van der Waals surface area contributed by atoms with Gasteiger partial charge in [-0.1, -0.05) is 79.7 Å². The van der Waals surface area contributed by atoms with Crippen LogP contribution < -0.4 is 20.7 Å². The first-order valence-corrected chi connectivity index (χ1v) is 23.7. The Balaban J connectivity index is 1.15. The number of likely N-dealkylation sites (N-methyl/N-ethyl adjacent to an activating group) is 1. The van der Waals surface area contributed by atoms with E-state index in [0.717, 1.165) is 38.5 Å². The number of carbonyl (C=O) groups excluding carboxylic acids is 5. The molecule has 0 aromatic rings. The number of piperidine rings is 1. The molecule has 0 aromatic heterocycles. The summed E-state index contributed by atoms with van der Waals surface area (Å²) in [4.78, 5) is 75.9. The van der Waals surface area contributed by atoms with Crippen molar-refractivity contribution in [1.29, 1.82) is 0 Å². The minimum atomic E-state index is -4.14. The Bertz CT molecular complexity index is 1910. The summed E-state index contributed by atoms with van der Waals surface area (Å²) in [6.45, 7) is 12.5. The fourth-order valence-electron chi connectivity index (χ4n) is 12.2. The fourth-order valence-corrected chi connectivity index (χ4v) is 13.4. The maximum Gasteiger partial charge on any atom is 0.303 e. The molecule has 14 nitrogen and oxygen atoms in total. The molecule has 0 radical (unpaired) electrons. The normalized spacial score (nSPS) is 33.7. The molecule has 4 aliphatic carbocycles. The van der Waals surface area contributed by atoms with Gasteiger partial charge < -0.3 is 20.9 Å². The van der Waals surface area contributed by atoms with Gasteiger partial charge in [0.2, 0.25) is 23.6 Å². The van der Waals surface area contributed by atoms with Gasteiger partial charge in [-0.25, -0.2) is 4.72 Å².